The van der Waals surface area contributed by atoms with Crippen molar-refractivity contribution >= 4 is 33.7 Å². The van der Waals surface area contributed by atoms with Gasteiger partial charge in [-0.1, -0.05) is 48.0 Å². The number of carboxylic acid groups (broad SMARTS) is 1. The molecular formula is C11H15BrO2S. The number of rotatable bonds is 4. The Hall–Kier alpha value is -0.480. The summed E-state index contributed by atoms with van der Waals surface area (Å²) >= 11 is 4.80. The molecule has 0 aliphatic rings. The molecule has 0 amide bonds. The van der Waals surface area contributed by atoms with Crippen LogP contribution in [0.5, 0.6) is 0 Å². The highest BCUT2D eigenvalue weighted by Crippen LogP contribution is 2.20. The van der Waals surface area contributed by atoms with Gasteiger partial charge in [-0.3, -0.25) is 4.79 Å². The van der Waals surface area contributed by atoms with Gasteiger partial charge in [0.2, 0.25) is 0 Å². The average Bonchev–Trinajstić information content (AvgIpc) is 2.23. The SMILES string of the molecule is CC.O=C(O)CSCc1ccccc1Br. The molecule has 4 heteroatoms. The molecule has 0 aliphatic carbocycles. The van der Waals surface area contributed by atoms with E-state index in [9.17, 15) is 4.79 Å². The molecule has 0 unspecified atom stereocenters. The van der Waals surface area contributed by atoms with Crippen molar-refractivity contribution in [3.05, 3.63) is 34.3 Å². The highest BCUT2D eigenvalue weighted by Gasteiger charge is 2.00. The lowest BCUT2D eigenvalue weighted by Crippen LogP contribution is -1.98. The number of benzene rings is 1. The van der Waals surface area contributed by atoms with Crippen LogP contribution in [0.25, 0.3) is 0 Å². The third kappa shape index (κ3) is 6.57. The van der Waals surface area contributed by atoms with Crippen molar-refractivity contribution in [1.82, 2.24) is 0 Å². The van der Waals surface area contributed by atoms with E-state index < -0.39 is 5.97 Å². The second-order valence-electron chi connectivity index (χ2n) is 2.48. The Bertz CT molecular complexity index is 302. The Morgan fingerprint density at radius 3 is 2.53 bits per heavy atom. The number of hydrogen-bond donors (Lipinski definition) is 1. The third-order valence-electron chi connectivity index (χ3n) is 1.44. The van der Waals surface area contributed by atoms with Crippen molar-refractivity contribution in [2.24, 2.45) is 0 Å². The van der Waals surface area contributed by atoms with Crippen LogP contribution in [0, 0.1) is 0 Å². The smallest absolute Gasteiger partial charge is 0.313 e. The molecule has 1 rings (SSSR count). The second kappa shape index (κ2) is 8.80. The van der Waals surface area contributed by atoms with Gasteiger partial charge < -0.3 is 5.11 Å². The van der Waals surface area contributed by atoms with E-state index in [0.717, 1.165) is 15.8 Å². The molecule has 0 spiro atoms. The summed E-state index contributed by atoms with van der Waals surface area (Å²) in [5, 5.41) is 8.43. The van der Waals surface area contributed by atoms with Gasteiger partial charge in [-0.15, -0.1) is 11.8 Å². The molecule has 0 fully saturated rings. The Labute approximate surface area is 103 Å². The molecule has 15 heavy (non-hydrogen) atoms. The highest BCUT2D eigenvalue weighted by atomic mass is 79.9. The first-order valence-electron chi connectivity index (χ1n) is 4.73. The molecule has 0 saturated carbocycles. The van der Waals surface area contributed by atoms with Crippen LogP contribution in [-0.2, 0) is 10.5 Å². The number of hydrogen-bond acceptors (Lipinski definition) is 2. The molecular weight excluding hydrogens is 276 g/mol. The van der Waals surface area contributed by atoms with Crippen molar-refractivity contribution in [1.29, 1.82) is 0 Å². The minimum Gasteiger partial charge on any atom is -0.481 e. The zero-order valence-corrected chi connectivity index (χ0v) is 11.3. The topological polar surface area (TPSA) is 37.3 Å². The standard InChI is InChI=1S/C9H9BrO2S.C2H6/c10-8-4-2-1-3-7(8)5-13-6-9(11)12;1-2/h1-4H,5-6H2,(H,11,12);1-2H3. The molecule has 0 bridgehead atoms. The lowest BCUT2D eigenvalue weighted by Gasteiger charge is -2.01. The highest BCUT2D eigenvalue weighted by molar-refractivity contribution is 9.10. The van der Waals surface area contributed by atoms with Crippen molar-refractivity contribution in [3.8, 4) is 0 Å². The minimum atomic E-state index is -0.767. The molecule has 2 nitrogen and oxygen atoms in total. The first-order chi connectivity index (χ1) is 7.20. The van der Waals surface area contributed by atoms with Crippen LogP contribution in [0.2, 0.25) is 0 Å². The largest absolute Gasteiger partial charge is 0.481 e. The van der Waals surface area contributed by atoms with Gasteiger partial charge in [0.1, 0.15) is 0 Å². The summed E-state index contributed by atoms with van der Waals surface area (Å²) < 4.78 is 1.04. The van der Waals surface area contributed by atoms with Gasteiger partial charge in [-0.2, -0.15) is 0 Å². The summed E-state index contributed by atoms with van der Waals surface area (Å²) in [5.74, 6) is 0.117. The van der Waals surface area contributed by atoms with Crippen molar-refractivity contribution in [3.63, 3.8) is 0 Å². The summed E-state index contributed by atoms with van der Waals surface area (Å²) in [7, 11) is 0. The van der Waals surface area contributed by atoms with Crippen LogP contribution in [0.4, 0.5) is 0 Å². The predicted molar refractivity (Wildman–Crippen MR) is 69.3 cm³/mol. The Morgan fingerprint density at radius 2 is 2.00 bits per heavy atom. The van der Waals surface area contributed by atoms with Crippen LogP contribution < -0.4 is 0 Å². The number of thioether (sulfide) groups is 1. The molecule has 0 aromatic heterocycles. The van der Waals surface area contributed by atoms with E-state index in [1.807, 2.05) is 38.1 Å². The fourth-order valence-electron chi connectivity index (χ4n) is 0.864. The van der Waals surface area contributed by atoms with Gasteiger partial charge in [-0.05, 0) is 11.6 Å². The zero-order valence-electron chi connectivity index (χ0n) is 8.87. The Morgan fingerprint density at radius 1 is 1.40 bits per heavy atom. The van der Waals surface area contributed by atoms with Gasteiger partial charge in [0, 0.05) is 10.2 Å². The molecule has 0 aliphatic heterocycles. The van der Waals surface area contributed by atoms with E-state index >= 15 is 0 Å². The van der Waals surface area contributed by atoms with Gasteiger partial charge in [0.05, 0.1) is 5.75 Å². The van der Waals surface area contributed by atoms with E-state index in [2.05, 4.69) is 15.9 Å². The molecule has 84 valence electrons. The minimum absolute atomic E-state index is 0.154. The number of aliphatic carboxylic acids is 1. The monoisotopic (exact) mass is 290 g/mol. The van der Waals surface area contributed by atoms with Gasteiger partial charge in [0.25, 0.3) is 0 Å². The van der Waals surface area contributed by atoms with E-state index in [4.69, 9.17) is 5.11 Å². The lowest BCUT2D eigenvalue weighted by molar-refractivity contribution is -0.133. The van der Waals surface area contributed by atoms with Crippen LogP contribution in [0.3, 0.4) is 0 Å². The quantitative estimate of drug-likeness (QED) is 0.917. The van der Waals surface area contributed by atoms with Crippen molar-refractivity contribution < 1.29 is 9.90 Å². The fraction of sp³-hybridized carbons (Fsp3) is 0.364. The van der Waals surface area contributed by atoms with Crippen LogP contribution >= 0.6 is 27.7 Å². The van der Waals surface area contributed by atoms with Crippen LogP contribution in [0.1, 0.15) is 19.4 Å². The predicted octanol–water partition coefficient (Wildman–Crippen LogP) is 3.79. The maximum absolute atomic E-state index is 10.2. The van der Waals surface area contributed by atoms with E-state index in [1.165, 1.54) is 11.8 Å². The van der Waals surface area contributed by atoms with E-state index in [0.29, 0.717) is 0 Å². The first kappa shape index (κ1) is 14.5. The van der Waals surface area contributed by atoms with Gasteiger partial charge >= 0.3 is 5.97 Å². The Balaban J connectivity index is 0.000000921. The summed E-state index contributed by atoms with van der Waals surface area (Å²) in [6.45, 7) is 4.00. The summed E-state index contributed by atoms with van der Waals surface area (Å²) in [6, 6.07) is 7.83. The third-order valence-corrected chi connectivity index (χ3v) is 3.18. The molecule has 1 aromatic rings. The number of carbonyl (C=O) groups is 1. The summed E-state index contributed by atoms with van der Waals surface area (Å²) in [6.07, 6.45) is 0. The molecule has 1 N–H and O–H groups in total. The van der Waals surface area contributed by atoms with Gasteiger partial charge in [0.15, 0.2) is 0 Å². The molecule has 1 aromatic carbocycles. The average molecular weight is 291 g/mol. The second-order valence-corrected chi connectivity index (χ2v) is 4.32. The molecule has 0 heterocycles. The number of carboxylic acids is 1. The molecule has 0 atom stereocenters. The maximum atomic E-state index is 10.2. The zero-order chi connectivity index (χ0) is 11.7. The Kier molecular flexibility index (Phi) is 8.52. The van der Waals surface area contributed by atoms with Crippen LogP contribution in [-0.4, -0.2) is 16.8 Å². The van der Waals surface area contributed by atoms with Gasteiger partial charge in [-0.25, -0.2) is 0 Å². The molecule has 0 radical (unpaired) electrons. The first-order valence-corrected chi connectivity index (χ1v) is 6.68. The van der Waals surface area contributed by atoms with Crippen LogP contribution in [0.15, 0.2) is 28.7 Å². The van der Waals surface area contributed by atoms with E-state index in [1.54, 1.807) is 0 Å². The summed E-state index contributed by atoms with van der Waals surface area (Å²) in [5.41, 5.74) is 1.13. The molecule has 0 saturated heterocycles. The number of halogens is 1. The van der Waals surface area contributed by atoms with E-state index in [-0.39, 0.29) is 5.75 Å². The maximum Gasteiger partial charge on any atom is 0.313 e. The fourth-order valence-corrected chi connectivity index (χ4v) is 2.22. The van der Waals surface area contributed by atoms with Crippen molar-refractivity contribution in [2.45, 2.75) is 19.6 Å². The lowest BCUT2D eigenvalue weighted by atomic mass is 10.2. The normalized spacial score (nSPS) is 9.00. The summed E-state index contributed by atoms with van der Waals surface area (Å²) in [4.78, 5) is 10.2. The van der Waals surface area contributed by atoms with Crippen molar-refractivity contribution in [2.75, 3.05) is 5.75 Å².